The fraction of sp³-hybridized carbons (Fsp3) is 0.500. The van der Waals surface area contributed by atoms with Crippen LogP contribution in [0.15, 0.2) is 23.6 Å². The number of anilines is 1. The highest BCUT2D eigenvalue weighted by molar-refractivity contribution is 7.13. The second-order valence-electron chi connectivity index (χ2n) is 6.64. The van der Waals surface area contributed by atoms with Crippen LogP contribution in [0.4, 0.5) is 5.13 Å². The van der Waals surface area contributed by atoms with Gasteiger partial charge in [-0.05, 0) is 37.0 Å². The van der Waals surface area contributed by atoms with Crippen LogP contribution in [0.2, 0.25) is 0 Å². The van der Waals surface area contributed by atoms with E-state index in [-0.39, 0.29) is 5.91 Å². The first-order valence-electron chi connectivity index (χ1n) is 9.36. The molecule has 0 unspecified atom stereocenters. The third-order valence-corrected chi connectivity index (χ3v) is 5.63. The standard InChI is InChI=1S/C20H27N3O3S/c1-25-17-7-6-15(12-18(17)26-2)13-19(24)21-9-8-16-14-27-20(22-16)23-10-4-3-5-11-23/h6-7,12,14H,3-5,8-11,13H2,1-2H3,(H,21,24). The SMILES string of the molecule is COc1ccc(CC(=O)NCCc2csc(N3CCCCC3)n2)cc1OC. The van der Waals surface area contributed by atoms with E-state index in [1.54, 1.807) is 25.6 Å². The van der Waals surface area contributed by atoms with Crippen molar-refractivity contribution in [2.75, 3.05) is 38.8 Å². The van der Waals surface area contributed by atoms with E-state index in [1.807, 2.05) is 18.2 Å². The quantitative estimate of drug-likeness (QED) is 0.752. The minimum absolute atomic E-state index is 0.00583. The number of rotatable bonds is 8. The van der Waals surface area contributed by atoms with E-state index in [1.165, 1.54) is 19.3 Å². The Morgan fingerprint density at radius 3 is 2.70 bits per heavy atom. The Balaban J connectivity index is 1.45. The third kappa shape index (κ3) is 5.35. The van der Waals surface area contributed by atoms with Gasteiger partial charge in [0.2, 0.25) is 5.91 Å². The first kappa shape index (κ1) is 19.5. The Labute approximate surface area is 164 Å². The summed E-state index contributed by atoms with van der Waals surface area (Å²) in [6.45, 7) is 2.80. The molecule has 7 heteroatoms. The van der Waals surface area contributed by atoms with Crippen LogP contribution in [-0.2, 0) is 17.6 Å². The molecule has 1 saturated heterocycles. The number of nitrogens with zero attached hydrogens (tertiary/aromatic N) is 2. The van der Waals surface area contributed by atoms with Crippen LogP contribution in [0.3, 0.4) is 0 Å². The number of carbonyl (C=O) groups excluding carboxylic acids is 1. The summed E-state index contributed by atoms with van der Waals surface area (Å²) in [5.41, 5.74) is 1.94. The topological polar surface area (TPSA) is 63.7 Å². The van der Waals surface area contributed by atoms with Gasteiger partial charge in [0.05, 0.1) is 26.3 Å². The number of nitrogens with one attached hydrogen (secondary N) is 1. The lowest BCUT2D eigenvalue weighted by molar-refractivity contribution is -0.120. The maximum atomic E-state index is 12.2. The summed E-state index contributed by atoms with van der Waals surface area (Å²) in [6.07, 6.45) is 4.89. The number of hydrogen-bond donors (Lipinski definition) is 1. The lowest BCUT2D eigenvalue weighted by atomic mass is 10.1. The van der Waals surface area contributed by atoms with E-state index in [0.29, 0.717) is 24.5 Å². The van der Waals surface area contributed by atoms with E-state index in [2.05, 4.69) is 15.6 Å². The predicted molar refractivity (Wildman–Crippen MR) is 108 cm³/mol. The van der Waals surface area contributed by atoms with Gasteiger partial charge in [0, 0.05) is 31.4 Å². The molecular weight excluding hydrogens is 362 g/mol. The van der Waals surface area contributed by atoms with Crippen LogP contribution >= 0.6 is 11.3 Å². The van der Waals surface area contributed by atoms with Gasteiger partial charge in [-0.2, -0.15) is 0 Å². The highest BCUT2D eigenvalue weighted by Gasteiger charge is 2.14. The van der Waals surface area contributed by atoms with Gasteiger partial charge in [0.25, 0.3) is 0 Å². The van der Waals surface area contributed by atoms with Gasteiger partial charge in [-0.1, -0.05) is 6.07 Å². The van der Waals surface area contributed by atoms with E-state index in [9.17, 15) is 4.79 Å². The number of piperidine rings is 1. The summed E-state index contributed by atoms with van der Waals surface area (Å²) in [4.78, 5) is 19.3. The van der Waals surface area contributed by atoms with Crippen molar-refractivity contribution in [2.45, 2.75) is 32.1 Å². The second kappa shape index (κ2) is 9.60. The number of benzene rings is 1. The molecule has 27 heavy (non-hydrogen) atoms. The summed E-state index contributed by atoms with van der Waals surface area (Å²) in [5, 5.41) is 6.19. The number of thiazole rings is 1. The fourth-order valence-electron chi connectivity index (χ4n) is 3.21. The minimum atomic E-state index is -0.00583. The van der Waals surface area contributed by atoms with Crippen molar-refractivity contribution in [3.63, 3.8) is 0 Å². The molecule has 0 aliphatic carbocycles. The van der Waals surface area contributed by atoms with Gasteiger partial charge >= 0.3 is 0 Å². The van der Waals surface area contributed by atoms with Crippen LogP contribution in [0.25, 0.3) is 0 Å². The van der Waals surface area contributed by atoms with Crippen LogP contribution in [-0.4, -0.2) is 44.7 Å². The number of amides is 1. The number of ether oxygens (including phenoxy) is 2. The van der Waals surface area contributed by atoms with E-state index in [0.717, 1.165) is 35.9 Å². The van der Waals surface area contributed by atoms with E-state index in [4.69, 9.17) is 14.5 Å². The first-order valence-corrected chi connectivity index (χ1v) is 10.2. The molecule has 0 saturated carbocycles. The highest BCUT2D eigenvalue weighted by atomic mass is 32.1. The van der Waals surface area contributed by atoms with Crippen molar-refractivity contribution in [3.05, 3.63) is 34.8 Å². The zero-order valence-corrected chi connectivity index (χ0v) is 16.8. The zero-order chi connectivity index (χ0) is 19.1. The smallest absolute Gasteiger partial charge is 0.224 e. The number of methoxy groups -OCH3 is 2. The van der Waals surface area contributed by atoms with Crippen LogP contribution in [0.1, 0.15) is 30.5 Å². The molecule has 2 heterocycles. The molecule has 1 aromatic heterocycles. The lowest BCUT2D eigenvalue weighted by Gasteiger charge is -2.25. The minimum Gasteiger partial charge on any atom is -0.493 e. The first-order chi connectivity index (χ1) is 13.2. The summed E-state index contributed by atoms with van der Waals surface area (Å²) >= 11 is 1.70. The maximum absolute atomic E-state index is 12.2. The van der Waals surface area contributed by atoms with Crippen molar-refractivity contribution in [3.8, 4) is 11.5 Å². The maximum Gasteiger partial charge on any atom is 0.224 e. The van der Waals surface area contributed by atoms with Crippen LogP contribution in [0, 0.1) is 0 Å². The molecule has 1 amide bonds. The third-order valence-electron chi connectivity index (χ3n) is 4.68. The van der Waals surface area contributed by atoms with Gasteiger partial charge < -0.3 is 19.7 Å². The molecule has 3 rings (SSSR count). The monoisotopic (exact) mass is 389 g/mol. The van der Waals surface area contributed by atoms with E-state index < -0.39 is 0 Å². The molecule has 1 aliphatic heterocycles. The molecule has 1 aromatic carbocycles. The average Bonchev–Trinajstić information content (AvgIpc) is 3.17. The summed E-state index contributed by atoms with van der Waals surface area (Å²) in [6, 6.07) is 5.54. The molecular formula is C20H27N3O3S. The number of carbonyl (C=O) groups is 1. The van der Waals surface area contributed by atoms with Gasteiger partial charge in [-0.25, -0.2) is 4.98 Å². The Morgan fingerprint density at radius 1 is 1.19 bits per heavy atom. The summed E-state index contributed by atoms with van der Waals surface area (Å²) < 4.78 is 10.5. The van der Waals surface area contributed by atoms with Gasteiger partial charge in [-0.3, -0.25) is 4.79 Å². The van der Waals surface area contributed by atoms with Crippen molar-refractivity contribution in [2.24, 2.45) is 0 Å². The molecule has 0 radical (unpaired) electrons. The summed E-state index contributed by atoms with van der Waals surface area (Å²) in [5.74, 6) is 1.29. The Kier molecular flexibility index (Phi) is 6.92. The van der Waals surface area contributed by atoms with Crippen molar-refractivity contribution in [1.29, 1.82) is 0 Å². The molecule has 0 bridgehead atoms. The zero-order valence-electron chi connectivity index (χ0n) is 16.0. The molecule has 6 nitrogen and oxygen atoms in total. The molecule has 1 aliphatic rings. The van der Waals surface area contributed by atoms with Crippen molar-refractivity contribution < 1.29 is 14.3 Å². The van der Waals surface area contributed by atoms with Crippen molar-refractivity contribution in [1.82, 2.24) is 10.3 Å². The largest absolute Gasteiger partial charge is 0.493 e. The lowest BCUT2D eigenvalue weighted by Crippen LogP contribution is -2.29. The Hall–Kier alpha value is -2.28. The molecule has 2 aromatic rings. The van der Waals surface area contributed by atoms with Gasteiger partial charge in [0.1, 0.15) is 0 Å². The average molecular weight is 390 g/mol. The van der Waals surface area contributed by atoms with Crippen LogP contribution < -0.4 is 19.7 Å². The molecule has 1 N–H and O–H groups in total. The van der Waals surface area contributed by atoms with E-state index >= 15 is 0 Å². The fourth-order valence-corrected chi connectivity index (χ4v) is 4.12. The predicted octanol–water partition coefficient (Wildman–Crippen LogP) is 3.05. The van der Waals surface area contributed by atoms with Gasteiger partial charge in [-0.15, -0.1) is 11.3 Å². The molecule has 146 valence electrons. The highest BCUT2D eigenvalue weighted by Crippen LogP contribution is 2.27. The normalized spacial score (nSPS) is 14.1. The van der Waals surface area contributed by atoms with Crippen molar-refractivity contribution >= 4 is 22.4 Å². The Morgan fingerprint density at radius 2 is 1.96 bits per heavy atom. The molecule has 0 atom stereocenters. The van der Waals surface area contributed by atoms with Gasteiger partial charge in [0.15, 0.2) is 16.6 Å². The molecule has 1 fully saturated rings. The number of hydrogen-bond acceptors (Lipinski definition) is 6. The Bertz CT molecular complexity index is 757. The second-order valence-corrected chi connectivity index (χ2v) is 7.47. The number of aromatic nitrogens is 1. The summed E-state index contributed by atoms with van der Waals surface area (Å²) in [7, 11) is 3.19. The van der Waals surface area contributed by atoms with Crippen LogP contribution in [0.5, 0.6) is 11.5 Å². The molecule has 0 spiro atoms.